The molecule has 0 saturated carbocycles. The third-order valence-electron chi connectivity index (χ3n) is 2.51. The lowest BCUT2D eigenvalue weighted by Gasteiger charge is -2.17. The molecule has 1 aromatic rings. The summed E-state index contributed by atoms with van der Waals surface area (Å²) in [5, 5.41) is 0. The summed E-state index contributed by atoms with van der Waals surface area (Å²) in [7, 11) is 0. The molecule has 0 aliphatic heterocycles. The van der Waals surface area contributed by atoms with Crippen LogP contribution in [0.4, 0.5) is 0 Å². The van der Waals surface area contributed by atoms with Crippen molar-refractivity contribution >= 4 is 11.8 Å². The van der Waals surface area contributed by atoms with Gasteiger partial charge in [-0.1, -0.05) is 26.0 Å². The molecule has 1 atom stereocenters. The van der Waals surface area contributed by atoms with Crippen molar-refractivity contribution in [1.82, 2.24) is 5.43 Å². The van der Waals surface area contributed by atoms with Gasteiger partial charge in [0.1, 0.15) is 5.75 Å². The van der Waals surface area contributed by atoms with Gasteiger partial charge in [0.15, 0.2) is 0 Å². The lowest BCUT2D eigenvalue weighted by Crippen LogP contribution is -2.29. The van der Waals surface area contributed by atoms with Gasteiger partial charge in [-0.25, -0.2) is 0 Å². The SMILES string of the molecule is CCOc1cccc(C(CSCC(C)C)NN)c1. The van der Waals surface area contributed by atoms with Gasteiger partial charge in [-0.3, -0.25) is 11.3 Å². The van der Waals surface area contributed by atoms with Crippen LogP contribution in [0.25, 0.3) is 0 Å². The fourth-order valence-corrected chi connectivity index (χ4v) is 2.78. The van der Waals surface area contributed by atoms with Gasteiger partial charge in [0, 0.05) is 5.75 Å². The van der Waals surface area contributed by atoms with Gasteiger partial charge in [0.25, 0.3) is 0 Å². The number of thioether (sulfide) groups is 1. The van der Waals surface area contributed by atoms with E-state index in [4.69, 9.17) is 10.6 Å². The van der Waals surface area contributed by atoms with E-state index in [2.05, 4.69) is 31.4 Å². The highest BCUT2D eigenvalue weighted by Gasteiger charge is 2.10. The van der Waals surface area contributed by atoms with E-state index in [0.717, 1.165) is 17.3 Å². The van der Waals surface area contributed by atoms with Crippen LogP contribution in [0.2, 0.25) is 0 Å². The fraction of sp³-hybridized carbons (Fsp3) is 0.571. The highest BCUT2D eigenvalue weighted by Crippen LogP contribution is 2.23. The molecule has 0 aliphatic rings. The van der Waals surface area contributed by atoms with Crippen LogP contribution >= 0.6 is 11.8 Å². The van der Waals surface area contributed by atoms with Gasteiger partial charge in [-0.2, -0.15) is 11.8 Å². The monoisotopic (exact) mass is 268 g/mol. The molecule has 0 amide bonds. The van der Waals surface area contributed by atoms with E-state index in [1.165, 1.54) is 5.56 Å². The Labute approximate surface area is 114 Å². The number of rotatable bonds is 8. The van der Waals surface area contributed by atoms with Gasteiger partial charge in [0.05, 0.1) is 12.6 Å². The Bertz CT molecular complexity index is 344. The zero-order chi connectivity index (χ0) is 13.4. The Balaban J connectivity index is 2.60. The predicted octanol–water partition coefficient (Wildman–Crippen LogP) is 2.98. The summed E-state index contributed by atoms with van der Waals surface area (Å²) in [6, 6.07) is 8.31. The lowest BCUT2D eigenvalue weighted by atomic mass is 10.1. The molecule has 3 N–H and O–H groups in total. The van der Waals surface area contributed by atoms with E-state index >= 15 is 0 Å². The van der Waals surface area contributed by atoms with Crippen LogP contribution in [0.3, 0.4) is 0 Å². The van der Waals surface area contributed by atoms with Crippen molar-refractivity contribution in [2.75, 3.05) is 18.1 Å². The zero-order valence-corrected chi connectivity index (χ0v) is 12.3. The molecule has 0 spiro atoms. The first-order valence-electron chi connectivity index (χ1n) is 6.44. The van der Waals surface area contributed by atoms with Crippen LogP contribution in [0, 0.1) is 5.92 Å². The zero-order valence-electron chi connectivity index (χ0n) is 11.5. The normalized spacial score (nSPS) is 12.7. The first-order chi connectivity index (χ1) is 8.67. The summed E-state index contributed by atoms with van der Waals surface area (Å²) in [5.74, 6) is 9.39. The third-order valence-corrected chi connectivity index (χ3v) is 3.98. The first kappa shape index (κ1) is 15.3. The summed E-state index contributed by atoms with van der Waals surface area (Å²) in [6.07, 6.45) is 0. The van der Waals surface area contributed by atoms with Crippen molar-refractivity contribution in [2.24, 2.45) is 11.8 Å². The molecule has 1 aromatic carbocycles. The average molecular weight is 268 g/mol. The van der Waals surface area contributed by atoms with Crippen molar-refractivity contribution in [3.63, 3.8) is 0 Å². The number of nitrogens with one attached hydrogen (secondary N) is 1. The number of hydrogen-bond acceptors (Lipinski definition) is 4. The van der Waals surface area contributed by atoms with Crippen molar-refractivity contribution < 1.29 is 4.74 Å². The summed E-state index contributed by atoms with van der Waals surface area (Å²) in [5.41, 5.74) is 4.07. The van der Waals surface area contributed by atoms with Crippen molar-refractivity contribution in [3.05, 3.63) is 29.8 Å². The summed E-state index contributed by atoms with van der Waals surface area (Å²) in [6.45, 7) is 7.14. The van der Waals surface area contributed by atoms with E-state index in [9.17, 15) is 0 Å². The third kappa shape index (κ3) is 5.29. The van der Waals surface area contributed by atoms with Crippen LogP contribution < -0.4 is 16.0 Å². The molecular formula is C14H24N2OS. The van der Waals surface area contributed by atoms with E-state index in [1.807, 2.05) is 30.8 Å². The molecule has 0 saturated heterocycles. The second kappa shape index (κ2) is 8.40. The fourth-order valence-electron chi connectivity index (χ4n) is 1.65. The molecule has 0 fully saturated rings. The summed E-state index contributed by atoms with van der Waals surface area (Å²) in [4.78, 5) is 0. The highest BCUT2D eigenvalue weighted by atomic mass is 32.2. The van der Waals surface area contributed by atoms with Crippen molar-refractivity contribution in [1.29, 1.82) is 0 Å². The van der Waals surface area contributed by atoms with Gasteiger partial charge >= 0.3 is 0 Å². The van der Waals surface area contributed by atoms with E-state index in [-0.39, 0.29) is 6.04 Å². The Morgan fingerprint density at radius 3 is 2.72 bits per heavy atom. The number of hydrazine groups is 1. The van der Waals surface area contributed by atoms with Crippen LogP contribution in [-0.2, 0) is 0 Å². The van der Waals surface area contributed by atoms with Crippen molar-refractivity contribution in [2.45, 2.75) is 26.8 Å². The Morgan fingerprint density at radius 2 is 2.11 bits per heavy atom. The predicted molar refractivity (Wildman–Crippen MR) is 79.8 cm³/mol. The average Bonchev–Trinajstić information content (AvgIpc) is 2.35. The van der Waals surface area contributed by atoms with Crippen LogP contribution in [0.15, 0.2) is 24.3 Å². The molecular weight excluding hydrogens is 244 g/mol. The maximum absolute atomic E-state index is 5.64. The van der Waals surface area contributed by atoms with Gasteiger partial charge in [0.2, 0.25) is 0 Å². The maximum Gasteiger partial charge on any atom is 0.119 e. The maximum atomic E-state index is 5.64. The molecule has 0 aromatic heterocycles. The Morgan fingerprint density at radius 1 is 1.33 bits per heavy atom. The van der Waals surface area contributed by atoms with Gasteiger partial charge in [-0.15, -0.1) is 0 Å². The standard InChI is InChI=1S/C14H24N2OS/c1-4-17-13-7-5-6-12(8-13)14(16-15)10-18-9-11(2)3/h5-8,11,14,16H,4,9-10,15H2,1-3H3. The Hall–Kier alpha value is -0.710. The van der Waals surface area contributed by atoms with Gasteiger partial charge < -0.3 is 4.74 Å². The number of benzene rings is 1. The number of nitrogens with two attached hydrogens (primary N) is 1. The smallest absolute Gasteiger partial charge is 0.119 e. The Kier molecular flexibility index (Phi) is 7.16. The molecule has 0 heterocycles. The van der Waals surface area contributed by atoms with E-state index < -0.39 is 0 Å². The number of ether oxygens (including phenoxy) is 1. The molecule has 0 bridgehead atoms. The number of hydrogen-bond donors (Lipinski definition) is 2. The molecule has 18 heavy (non-hydrogen) atoms. The van der Waals surface area contributed by atoms with E-state index in [1.54, 1.807) is 0 Å². The van der Waals surface area contributed by atoms with Crippen molar-refractivity contribution in [3.8, 4) is 5.75 Å². The quantitative estimate of drug-likeness (QED) is 0.562. The van der Waals surface area contributed by atoms with E-state index in [0.29, 0.717) is 12.5 Å². The lowest BCUT2D eigenvalue weighted by molar-refractivity contribution is 0.339. The molecule has 1 unspecified atom stereocenters. The van der Waals surface area contributed by atoms with Gasteiger partial charge in [-0.05, 0) is 36.3 Å². The minimum Gasteiger partial charge on any atom is -0.494 e. The molecule has 102 valence electrons. The summed E-state index contributed by atoms with van der Waals surface area (Å²) >= 11 is 1.92. The highest BCUT2D eigenvalue weighted by molar-refractivity contribution is 7.99. The topological polar surface area (TPSA) is 47.3 Å². The minimum atomic E-state index is 0.175. The van der Waals surface area contributed by atoms with Crippen LogP contribution in [0.1, 0.15) is 32.4 Å². The second-order valence-corrected chi connectivity index (χ2v) is 5.73. The van der Waals surface area contributed by atoms with Crippen LogP contribution in [0.5, 0.6) is 5.75 Å². The molecule has 0 aliphatic carbocycles. The summed E-state index contributed by atoms with van der Waals surface area (Å²) < 4.78 is 5.51. The second-order valence-electron chi connectivity index (χ2n) is 4.66. The first-order valence-corrected chi connectivity index (χ1v) is 7.59. The molecule has 3 nitrogen and oxygen atoms in total. The molecule has 0 radical (unpaired) electrons. The largest absolute Gasteiger partial charge is 0.494 e. The van der Waals surface area contributed by atoms with Crippen LogP contribution in [-0.4, -0.2) is 18.1 Å². The molecule has 1 rings (SSSR count). The molecule has 4 heteroatoms. The minimum absolute atomic E-state index is 0.175.